The molecular formula is C32H43N3O5. The van der Waals surface area contributed by atoms with Crippen molar-refractivity contribution in [3.05, 3.63) is 53.6 Å². The monoisotopic (exact) mass is 549 g/mol. The Hall–Kier alpha value is -3.26. The lowest BCUT2D eigenvalue weighted by atomic mass is 9.91. The normalized spacial score (nSPS) is 20.9. The van der Waals surface area contributed by atoms with Crippen LogP contribution in [0.2, 0.25) is 0 Å². The van der Waals surface area contributed by atoms with Gasteiger partial charge in [-0.25, -0.2) is 0 Å². The Labute approximate surface area is 238 Å². The van der Waals surface area contributed by atoms with Gasteiger partial charge < -0.3 is 24.0 Å². The van der Waals surface area contributed by atoms with Gasteiger partial charge in [-0.3, -0.25) is 14.5 Å². The number of amides is 2. The molecule has 2 aromatic carbocycles. The fourth-order valence-corrected chi connectivity index (χ4v) is 6.08. The van der Waals surface area contributed by atoms with E-state index in [1.165, 1.54) is 6.42 Å². The second-order valence-corrected chi connectivity index (χ2v) is 12.5. The predicted molar refractivity (Wildman–Crippen MR) is 153 cm³/mol. The number of benzene rings is 2. The van der Waals surface area contributed by atoms with E-state index in [0.29, 0.717) is 32.5 Å². The van der Waals surface area contributed by atoms with Crippen LogP contribution in [0.25, 0.3) is 0 Å². The summed E-state index contributed by atoms with van der Waals surface area (Å²) in [5.74, 6) is 2.57. The zero-order valence-corrected chi connectivity index (χ0v) is 24.4. The summed E-state index contributed by atoms with van der Waals surface area (Å²) in [4.78, 5) is 34.1. The summed E-state index contributed by atoms with van der Waals surface area (Å²) in [6.45, 7) is 9.88. The Bertz CT molecular complexity index is 1200. The van der Waals surface area contributed by atoms with E-state index in [0.717, 1.165) is 54.3 Å². The van der Waals surface area contributed by atoms with E-state index < -0.39 is 0 Å². The summed E-state index contributed by atoms with van der Waals surface area (Å²) >= 11 is 0. The molecule has 2 aromatic rings. The van der Waals surface area contributed by atoms with Crippen molar-refractivity contribution in [2.24, 2.45) is 5.41 Å². The van der Waals surface area contributed by atoms with Gasteiger partial charge in [-0.15, -0.1) is 0 Å². The summed E-state index contributed by atoms with van der Waals surface area (Å²) < 4.78 is 16.6. The van der Waals surface area contributed by atoms with Gasteiger partial charge in [-0.2, -0.15) is 0 Å². The Kier molecular flexibility index (Phi) is 8.54. The molecule has 0 N–H and O–H groups in total. The molecule has 0 saturated carbocycles. The molecule has 3 aliphatic rings. The van der Waals surface area contributed by atoms with E-state index in [2.05, 4.69) is 25.7 Å². The topological polar surface area (TPSA) is 71.6 Å². The average molecular weight is 550 g/mol. The molecule has 2 fully saturated rings. The average Bonchev–Trinajstić information content (AvgIpc) is 3.58. The fourth-order valence-electron chi connectivity index (χ4n) is 6.08. The molecule has 5 rings (SSSR count). The molecule has 3 aliphatic heterocycles. The third-order valence-electron chi connectivity index (χ3n) is 8.09. The molecule has 0 bridgehead atoms. The lowest BCUT2D eigenvalue weighted by Gasteiger charge is -2.32. The van der Waals surface area contributed by atoms with E-state index in [-0.39, 0.29) is 36.1 Å². The molecular weight excluding hydrogens is 506 g/mol. The molecule has 2 atom stereocenters. The first-order valence-electron chi connectivity index (χ1n) is 14.5. The number of ether oxygens (including phenoxy) is 3. The van der Waals surface area contributed by atoms with Crippen LogP contribution in [-0.2, 0) is 22.7 Å². The number of nitrogens with zero attached hydrogens (tertiary/aromatic N) is 3. The molecule has 2 amide bonds. The van der Waals surface area contributed by atoms with Crippen LogP contribution in [0, 0.1) is 5.41 Å². The van der Waals surface area contributed by atoms with Gasteiger partial charge in [0, 0.05) is 45.2 Å². The van der Waals surface area contributed by atoms with Gasteiger partial charge in [-0.05, 0) is 66.5 Å². The van der Waals surface area contributed by atoms with Crippen molar-refractivity contribution in [3.63, 3.8) is 0 Å². The molecule has 0 aromatic heterocycles. The first-order chi connectivity index (χ1) is 19.2. The maximum Gasteiger partial charge on any atom is 0.240 e. The molecule has 8 heteroatoms. The van der Waals surface area contributed by atoms with Gasteiger partial charge >= 0.3 is 0 Å². The standard InChI is InChI=1S/C32H43N3O5/c1-32(2,3)18-30(36)35(20-23-9-8-10-26(15-23)38-4)25-17-27(31(37)33-13-6-5-7-14-33)34(21-25)19-24-11-12-28-29(16-24)40-22-39-28/h8-12,15-16,25,27H,5-7,13-14,17-22H2,1-4H3/t25-,27-/m0/s1. The first kappa shape index (κ1) is 28.3. The smallest absolute Gasteiger partial charge is 0.240 e. The highest BCUT2D eigenvalue weighted by atomic mass is 16.7. The Morgan fingerprint density at radius 1 is 1.00 bits per heavy atom. The van der Waals surface area contributed by atoms with Crippen molar-refractivity contribution in [2.45, 2.75) is 78.0 Å². The van der Waals surface area contributed by atoms with E-state index in [1.807, 2.05) is 52.3 Å². The van der Waals surface area contributed by atoms with Crippen molar-refractivity contribution < 1.29 is 23.8 Å². The molecule has 0 unspecified atom stereocenters. The molecule has 2 saturated heterocycles. The minimum atomic E-state index is -0.274. The van der Waals surface area contributed by atoms with Gasteiger partial charge in [-0.1, -0.05) is 39.0 Å². The van der Waals surface area contributed by atoms with E-state index in [4.69, 9.17) is 14.2 Å². The number of piperidine rings is 1. The number of likely N-dealkylation sites (tertiary alicyclic amines) is 2. The molecule has 216 valence electrons. The number of rotatable bonds is 8. The summed E-state index contributed by atoms with van der Waals surface area (Å²) in [6.07, 6.45) is 4.35. The number of carbonyl (C=O) groups excluding carboxylic acids is 2. The molecule has 8 nitrogen and oxygen atoms in total. The first-order valence-corrected chi connectivity index (χ1v) is 14.5. The Morgan fingerprint density at radius 3 is 2.52 bits per heavy atom. The lowest BCUT2D eigenvalue weighted by molar-refractivity contribution is -0.138. The minimum absolute atomic E-state index is 0.0752. The summed E-state index contributed by atoms with van der Waals surface area (Å²) in [5.41, 5.74) is 1.95. The van der Waals surface area contributed by atoms with E-state index >= 15 is 0 Å². The third kappa shape index (κ3) is 6.72. The van der Waals surface area contributed by atoms with Crippen LogP contribution in [0.3, 0.4) is 0 Å². The maximum atomic E-state index is 13.9. The fraction of sp³-hybridized carbons (Fsp3) is 0.562. The van der Waals surface area contributed by atoms with Crippen LogP contribution < -0.4 is 14.2 Å². The second kappa shape index (κ2) is 12.1. The molecule has 3 heterocycles. The van der Waals surface area contributed by atoms with Crippen LogP contribution in [-0.4, -0.2) is 72.1 Å². The largest absolute Gasteiger partial charge is 0.497 e. The van der Waals surface area contributed by atoms with Crippen molar-refractivity contribution in [1.29, 1.82) is 0 Å². The van der Waals surface area contributed by atoms with Crippen LogP contribution in [0.5, 0.6) is 17.2 Å². The SMILES string of the molecule is COc1cccc(CN(C(=O)CC(C)(C)C)[C@H]2C[C@@H](C(=O)N3CCCCC3)N(Cc3ccc4c(c3)OCO4)C2)c1. The van der Waals surface area contributed by atoms with Crippen molar-refractivity contribution in [1.82, 2.24) is 14.7 Å². The number of fused-ring (bicyclic) bond motifs is 1. The summed E-state index contributed by atoms with van der Waals surface area (Å²) in [6, 6.07) is 13.6. The van der Waals surface area contributed by atoms with Crippen molar-refractivity contribution in [2.75, 3.05) is 33.5 Å². The highest BCUT2D eigenvalue weighted by molar-refractivity contribution is 5.83. The quantitative estimate of drug-likeness (QED) is 0.469. The van der Waals surface area contributed by atoms with Gasteiger partial charge in [0.15, 0.2) is 11.5 Å². The zero-order valence-electron chi connectivity index (χ0n) is 24.4. The zero-order chi connectivity index (χ0) is 28.3. The van der Waals surface area contributed by atoms with Gasteiger partial charge in [0.1, 0.15) is 5.75 Å². The van der Waals surface area contributed by atoms with Gasteiger partial charge in [0.05, 0.1) is 13.2 Å². The van der Waals surface area contributed by atoms with E-state index in [9.17, 15) is 9.59 Å². The highest BCUT2D eigenvalue weighted by Gasteiger charge is 2.42. The third-order valence-corrected chi connectivity index (χ3v) is 8.09. The minimum Gasteiger partial charge on any atom is -0.497 e. The second-order valence-electron chi connectivity index (χ2n) is 12.5. The van der Waals surface area contributed by atoms with Crippen molar-refractivity contribution >= 4 is 11.8 Å². The summed E-state index contributed by atoms with van der Waals surface area (Å²) in [7, 11) is 1.66. The highest BCUT2D eigenvalue weighted by Crippen LogP contribution is 2.35. The van der Waals surface area contributed by atoms with E-state index in [1.54, 1.807) is 7.11 Å². The maximum absolute atomic E-state index is 13.9. The van der Waals surface area contributed by atoms with Gasteiger partial charge in [0.25, 0.3) is 0 Å². The van der Waals surface area contributed by atoms with Crippen LogP contribution >= 0.6 is 0 Å². The molecule has 0 radical (unpaired) electrons. The van der Waals surface area contributed by atoms with Crippen LogP contribution in [0.4, 0.5) is 0 Å². The lowest BCUT2D eigenvalue weighted by Crippen LogP contribution is -2.47. The number of carbonyl (C=O) groups is 2. The summed E-state index contributed by atoms with van der Waals surface area (Å²) in [5, 5.41) is 0. The number of hydrogen-bond acceptors (Lipinski definition) is 6. The van der Waals surface area contributed by atoms with Gasteiger partial charge in [0.2, 0.25) is 18.6 Å². The molecule has 0 spiro atoms. The molecule has 40 heavy (non-hydrogen) atoms. The van der Waals surface area contributed by atoms with Crippen LogP contribution in [0.1, 0.15) is 64.0 Å². The molecule has 0 aliphatic carbocycles. The Morgan fingerprint density at radius 2 is 1.77 bits per heavy atom. The van der Waals surface area contributed by atoms with Crippen molar-refractivity contribution in [3.8, 4) is 17.2 Å². The Balaban J connectivity index is 1.42. The number of hydrogen-bond donors (Lipinski definition) is 0. The number of methoxy groups -OCH3 is 1. The predicted octanol–water partition coefficient (Wildman–Crippen LogP) is 4.84. The van der Waals surface area contributed by atoms with Crippen LogP contribution in [0.15, 0.2) is 42.5 Å².